The van der Waals surface area contributed by atoms with Crippen molar-refractivity contribution >= 4 is 29.1 Å². The van der Waals surface area contributed by atoms with Gasteiger partial charge in [-0.1, -0.05) is 29.3 Å². The van der Waals surface area contributed by atoms with Gasteiger partial charge in [0.25, 0.3) is 0 Å². The maximum absolute atomic E-state index is 12.5. The Morgan fingerprint density at radius 2 is 1.93 bits per heavy atom. The molecule has 1 aromatic rings. The van der Waals surface area contributed by atoms with E-state index in [1.807, 2.05) is 6.07 Å². The lowest BCUT2D eigenvalue weighted by Gasteiger charge is -2.46. The number of hydrogen-bond acceptors (Lipinski definition) is 4. The fraction of sp³-hybridized carbons (Fsp3) is 0.667. The van der Waals surface area contributed by atoms with Gasteiger partial charge in [0.2, 0.25) is 5.91 Å². The first-order valence-corrected chi connectivity index (χ1v) is 10.8. The van der Waals surface area contributed by atoms with Gasteiger partial charge in [0, 0.05) is 39.6 Å². The molecule has 1 aromatic carbocycles. The van der Waals surface area contributed by atoms with Crippen LogP contribution < -0.4 is 5.32 Å². The lowest BCUT2D eigenvalue weighted by Crippen LogP contribution is -2.53. The second-order valence-electron chi connectivity index (χ2n) is 7.86. The minimum Gasteiger partial charge on any atom is -0.355 e. The highest BCUT2D eigenvalue weighted by Crippen LogP contribution is 2.38. The Morgan fingerprint density at radius 3 is 2.57 bits per heavy atom. The predicted octanol–water partition coefficient (Wildman–Crippen LogP) is 3.91. The van der Waals surface area contributed by atoms with E-state index in [0.29, 0.717) is 35.0 Å². The van der Waals surface area contributed by atoms with Gasteiger partial charge in [0.15, 0.2) is 5.79 Å². The number of ether oxygens (including phenoxy) is 2. The molecule has 2 unspecified atom stereocenters. The van der Waals surface area contributed by atoms with Crippen molar-refractivity contribution in [2.24, 2.45) is 5.92 Å². The van der Waals surface area contributed by atoms with E-state index in [2.05, 4.69) is 10.2 Å². The van der Waals surface area contributed by atoms with Gasteiger partial charge in [-0.15, -0.1) is 0 Å². The van der Waals surface area contributed by atoms with E-state index in [4.69, 9.17) is 32.7 Å². The number of nitrogens with zero attached hydrogens (tertiary/aromatic N) is 1. The van der Waals surface area contributed by atoms with E-state index >= 15 is 0 Å². The smallest absolute Gasteiger partial charge is 0.224 e. The summed E-state index contributed by atoms with van der Waals surface area (Å²) in [5.74, 6) is -0.100. The molecule has 1 aliphatic carbocycles. The second kappa shape index (κ2) is 9.77. The van der Waals surface area contributed by atoms with Crippen LogP contribution in [-0.4, -0.2) is 56.5 Å². The molecule has 0 radical (unpaired) electrons. The van der Waals surface area contributed by atoms with E-state index < -0.39 is 5.79 Å². The van der Waals surface area contributed by atoms with Crippen LogP contribution in [0.1, 0.15) is 37.7 Å². The van der Waals surface area contributed by atoms with Gasteiger partial charge in [-0.3, -0.25) is 9.69 Å². The zero-order valence-corrected chi connectivity index (χ0v) is 18.2. The molecule has 1 saturated carbocycles. The minimum atomic E-state index is -0.506. The zero-order valence-electron chi connectivity index (χ0n) is 16.7. The molecule has 0 bridgehead atoms. The molecule has 3 rings (SSSR count). The van der Waals surface area contributed by atoms with Gasteiger partial charge in [0.1, 0.15) is 0 Å². The molecule has 1 amide bonds. The first kappa shape index (κ1) is 21.8. The van der Waals surface area contributed by atoms with Gasteiger partial charge >= 0.3 is 0 Å². The van der Waals surface area contributed by atoms with Gasteiger partial charge in [-0.2, -0.15) is 0 Å². The Balaban J connectivity index is 1.59. The normalized spacial score (nSPS) is 25.0. The summed E-state index contributed by atoms with van der Waals surface area (Å²) in [5.41, 5.74) is 0.865. The third-order valence-corrected chi connectivity index (χ3v) is 6.96. The van der Waals surface area contributed by atoms with Crippen LogP contribution in [0.2, 0.25) is 10.0 Å². The second-order valence-corrected chi connectivity index (χ2v) is 8.68. The summed E-state index contributed by atoms with van der Waals surface area (Å²) in [6.45, 7) is 2.90. The summed E-state index contributed by atoms with van der Waals surface area (Å²) in [6.07, 6.45) is 5.43. The highest BCUT2D eigenvalue weighted by Gasteiger charge is 2.44. The Hall–Kier alpha value is -0.850. The third-order valence-electron chi connectivity index (χ3n) is 6.22. The lowest BCUT2D eigenvalue weighted by atomic mass is 9.79. The van der Waals surface area contributed by atoms with Crippen molar-refractivity contribution in [3.63, 3.8) is 0 Å². The van der Waals surface area contributed by atoms with Crippen LogP contribution in [-0.2, 0) is 20.7 Å². The highest BCUT2D eigenvalue weighted by atomic mass is 35.5. The molecular weight excluding hydrogens is 399 g/mol. The number of rotatable bonds is 7. The van der Waals surface area contributed by atoms with Crippen molar-refractivity contribution in [3.8, 4) is 0 Å². The van der Waals surface area contributed by atoms with Crippen molar-refractivity contribution in [2.75, 3.05) is 33.9 Å². The number of carbonyl (C=O) groups is 1. The Morgan fingerprint density at radius 1 is 1.21 bits per heavy atom. The molecule has 2 atom stereocenters. The molecule has 1 aliphatic heterocycles. The van der Waals surface area contributed by atoms with E-state index in [1.54, 1.807) is 26.4 Å². The average molecular weight is 429 g/mol. The molecule has 1 N–H and O–H groups in total. The SMILES string of the molecule is COC1(OC)CCC(CNC(=O)Cc2ccc(Cl)c(Cl)c2)C(N2CCCC2)C1. The lowest BCUT2D eigenvalue weighted by molar-refractivity contribution is -0.238. The Labute approximate surface area is 177 Å². The largest absolute Gasteiger partial charge is 0.355 e. The van der Waals surface area contributed by atoms with Crippen LogP contribution >= 0.6 is 23.2 Å². The molecule has 28 heavy (non-hydrogen) atoms. The quantitative estimate of drug-likeness (QED) is 0.668. The van der Waals surface area contributed by atoms with E-state index in [9.17, 15) is 4.79 Å². The Kier molecular flexibility index (Phi) is 7.62. The summed E-state index contributed by atoms with van der Waals surface area (Å²) in [7, 11) is 3.45. The van der Waals surface area contributed by atoms with Crippen LogP contribution in [0.25, 0.3) is 0 Å². The molecule has 0 aromatic heterocycles. The molecule has 2 fully saturated rings. The monoisotopic (exact) mass is 428 g/mol. The van der Waals surface area contributed by atoms with Crippen LogP contribution in [0.3, 0.4) is 0 Å². The van der Waals surface area contributed by atoms with Gasteiger partial charge in [-0.25, -0.2) is 0 Å². The standard InChI is InChI=1S/C21H30Cl2N2O3/c1-27-21(28-2)8-7-16(19(13-21)25-9-3-4-10-25)14-24-20(26)12-15-5-6-17(22)18(23)11-15/h5-6,11,16,19H,3-4,7-10,12-14H2,1-2H3,(H,24,26). The summed E-state index contributed by atoms with van der Waals surface area (Å²) < 4.78 is 11.5. The number of carbonyl (C=O) groups excluding carboxylic acids is 1. The fourth-order valence-corrected chi connectivity index (χ4v) is 4.84. The first-order chi connectivity index (χ1) is 13.5. The van der Waals surface area contributed by atoms with E-state index in [1.165, 1.54) is 12.8 Å². The third kappa shape index (κ3) is 5.19. The number of nitrogens with one attached hydrogen (secondary N) is 1. The molecule has 7 heteroatoms. The van der Waals surface area contributed by atoms with Gasteiger partial charge in [-0.05, 0) is 56.0 Å². The average Bonchev–Trinajstić information content (AvgIpc) is 3.24. The topological polar surface area (TPSA) is 50.8 Å². The van der Waals surface area contributed by atoms with Gasteiger partial charge < -0.3 is 14.8 Å². The minimum absolute atomic E-state index is 0.00822. The van der Waals surface area contributed by atoms with E-state index in [0.717, 1.165) is 37.9 Å². The van der Waals surface area contributed by atoms with Crippen LogP contribution in [0.4, 0.5) is 0 Å². The molecule has 1 heterocycles. The number of likely N-dealkylation sites (tertiary alicyclic amines) is 1. The molecule has 156 valence electrons. The zero-order chi connectivity index (χ0) is 20.1. The molecule has 0 spiro atoms. The molecule has 1 saturated heterocycles. The van der Waals surface area contributed by atoms with Crippen molar-refractivity contribution in [3.05, 3.63) is 33.8 Å². The van der Waals surface area contributed by atoms with Gasteiger partial charge in [0.05, 0.1) is 16.5 Å². The Bertz CT molecular complexity index is 676. The number of amides is 1. The molecule has 2 aliphatic rings. The number of benzene rings is 1. The molecule has 5 nitrogen and oxygen atoms in total. The van der Waals surface area contributed by atoms with Crippen molar-refractivity contribution < 1.29 is 14.3 Å². The molecular formula is C21H30Cl2N2O3. The predicted molar refractivity (Wildman–Crippen MR) is 112 cm³/mol. The number of methoxy groups -OCH3 is 2. The van der Waals surface area contributed by atoms with Crippen LogP contribution in [0.15, 0.2) is 18.2 Å². The summed E-state index contributed by atoms with van der Waals surface area (Å²) >= 11 is 12.0. The van der Waals surface area contributed by atoms with Crippen molar-refractivity contribution in [1.82, 2.24) is 10.2 Å². The number of halogens is 2. The summed E-state index contributed by atoms with van der Waals surface area (Å²) in [6, 6.07) is 5.68. The summed E-state index contributed by atoms with van der Waals surface area (Å²) in [4.78, 5) is 15.0. The highest BCUT2D eigenvalue weighted by molar-refractivity contribution is 6.42. The first-order valence-electron chi connectivity index (χ1n) is 10.0. The van der Waals surface area contributed by atoms with Crippen LogP contribution in [0, 0.1) is 5.92 Å². The summed E-state index contributed by atoms with van der Waals surface area (Å²) in [5, 5.41) is 4.11. The fourth-order valence-electron chi connectivity index (χ4n) is 4.52. The maximum Gasteiger partial charge on any atom is 0.224 e. The van der Waals surface area contributed by atoms with Crippen LogP contribution in [0.5, 0.6) is 0 Å². The van der Waals surface area contributed by atoms with Crippen molar-refractivity contribution in [1.29, 1.82) is 0 Å². The van der Waals surface area contributed by atoms with E-state index in [-0.39, 0.29) is 5.91 Å². The number of hydrogen-bond donors (Lipinski definition) is 1. The van der Waals surface area contributed by atoms with Crippen molar-refractivity contribution in [2.45, 2.75) is 50.4 Å². The maximum atomic E-state index is 12.5.